The van der Waals surface area contributed by atoms with E-state index < -0.39 is 5.97 Å². The molecule has 2 heterocycles. The van der Waals surface area contributed by atoms with Crippen molar-refractivity contribution in [3.8, 4) is 0 Å². The van der Waals surface area contributed by atoms with E-state index in [4.69, 9.17) is 5.11 Å². The Kier molecular flexibility index (Phi) is 6.94. The van der Waals surface area contributed by atoms with Crippen LogP contribution in [0.5, 0.6) is 0 Å². The number of nitrogens with one attached hydrogen (secondary N) is 1. The van der Waals surface area contributed by atoms with Gasteiger partial charge in [0.15, 0.2) is 10.0 Å². The molecule has 0 bridgehead atoms. The Morgan fingerprint density at radius 1 is 1.46 bits per heavy atom. The smallest absolute Gasteiger partial charge is 0.355 e. The van der Waals surface area contributed by atoms with Crippen LogP contribution in [-0.2, 0) is 4.79 Å². The lowest BCUT2D eigenvalue weighted by Gasteiger charge is -2.31. The molecule has 1 saturated heterocycles. The van der Waals surface area contributed by atoms with Crippen molar-refractivity contribution >= 4 is 35.0 Å². The van der Waals surface area contributed by atoms with Crippen LogP contribution in [0, 0.1) is 5.92 Å². The summed E-state index contributed by atoms with van der Waals surface area (Å²) >= 11 is 2.87. The van der Waals surface area contributed by atoms with Crippen molar-refractivity contribution in [2.75, 3.05) is 18.8 Å². The molecule has 3 atom stereocenters. The van der Waals surface area contributed by atoms with Crippen LogP contribution in [0.4, 0.5) is 0 Å². The summed E-state index contributed by atoms with van der Waals surface area (Å²) in [5.74, 6) is 0.786. The number of thiazole rings is 1. The van der Waals surface area contributed by atoms with Crippen molar-refractivity contribution in [3.63, 3.8) is 0 Å². The number of hydrogen-bond acceptors (Lipinski definition) is 6. The van der Waals surface area contributed by atoms with Crippen molar-refractivity contribution in [2.24, 2.45) is 5.92 Å². The van der Waals surface area contributed by atoms with Gasteiger partial charge in [-0.1, -0.05) is 31.5 Å². The number of carbonyl (C=O) groups is 2. The third kappa shape index (κ3) is 5.20. The Bertz CT molecular complexity index is 637. The molecule has 6 nitrogen and oxygen atoms in total. The molecule has 1 aromatic rings. The minimum atomic E-state index is -0.994. The van der Waals surface area contributed by atoms with Gasteiger partial charge in [-0.15, -0.1) is 11.3 Å². The topological polar surface area (TPSA) is 82.5 Å². The van der Waals surface area contributed by atoms with Crippen LogP contribution in [0.1, 0.15) is 55.9 Å². The summed E-state index contributed by atoms with van der Waals surface area (Å²) in [6.07, 6.45) is 6.69. The first-order valence-corrected chi connectivity index (χ1v) is 11.2. The van der Waals surface area contributed by atoms with Gasteiger partial charge >= 0.3 is 5.97 Å². The fourth-order valence-corrected chi connectivity index (χ4v) is 5.70. The Hall–Kier alpha value is -1.12. The lowest BCUT2D eigenvalue weighted by molar-refractivity contribution is -0.128. The van der Waals surface area contributed by atoms with Crippen molar-refractivity contribution in [2.45, 2.75) is 61.9 Å². The van der Waals surface area contributed by atoms with Gasteiger partial charge in [-0.2, -0.15) is 0 Å². The molecule has 3 unspecified atom stereocenters. The lowest BCUT2D eigenvalue weighted by Crippen LogP contribution is -2.45. The zero-order valence-electron chi connectivity index (χ0n) is 15.1. The Balaban J connectivity index is 1.44. The van der Waals surface area contributed by atoms with Crippen LogP contribution in [0.3, 0.4) is 0 Å². The molecule has 1 aromatic heterocycles. The highest BCUT2D eigenvalue weighted by Crippen LogP contribution is 2.26. The maximum absolute atomic E-state index is 12.2. The minimum Gasteiger partial charge on any atom is -0.476 e. The van der Waals surface area contributed by atoms with E-state index in [2.05, 4.69) is 17.2 Å². The summed E-state index contributed by atoms with van der Waals surface area (Å²) in [7, 11) is 0. The number of aromatic carboxylic acids is 1. The molecule has 0 spiro atoms. The van der Waals surface area contributed by atoms with E-state index in [0.717, 1.165) is 29.0 Å². The largest absolute Gasteiger partial charge is 0.476 e. The van der Waals surface area contributed by atoms with Crippen molar-refractivity contribution in [1.29, 1.82) is 0 Å². The van der Waals surface area contributed by atoms with Gasteiger partial charge < -0.3 is 15.3 Å². The van der Waals surface area contributed by atoms with Crippen LogP contribution >= 0.6 is 23.1 Å². The summed E-state index contributed by atoms with van der Waals surface area (Å²) in [5, 5.41) is 14.2. The first-order valence-electron chi connectivity index (χ1n) is 9.37. The molecule has 1 amide bonds. The number of carbonyl (C=O) groups excluding carboxylic acids is 1. The van der Waals surface area contributed by atoms with Crippen LogP contribution in [0.2, 0.25) is 0 Å². The number of thioether (sulfide) groups is 1. The molecule has 2 aliphatic rings. The third-order valence-electron chi connectivity index (χ3n) is 5.29. The number of rotatable bonds is 8. The van der Waals surface area contributed by atoms with Crippen molar-refractivity contribution in [1.82, 2.24) is 15.2 Å². The second kappa shape index (κ2) is 9.19. The van der Waals surface area contributed by atoms with Gasteiger partial charge in [0, 0.05) is 42.7 Å². The second-order valence-corrected chi connectivity index (χ2v) is 9.51. The summed E-state index contributed by atoms with van der Waals surface area (Å²) < 4.78 is 0.750. The number of amides is 1. The normalized spacial score (nSPS) is 26.4. The quantitative estimate of drug-likeness (QED) is 0.656. The highest BCUT2D eigenvalue weighted by molar-refractivity contribution is 8.01. The monoisotopic (exact) mass is 397 g/mol. The predicted octanol–water partition coefficient (Wildman–Crippen LogP) is 3.09. The molecule has 8 heteroatoms. The average Bonchev–Trinajstić information content (AvgIpc) is 3.21. The first-order chi connectivity index (χ1) is 12.5. The summed E-state index contributed by atoms with van der Waals surface area (Å²) in [4.78, 5) is 29.2. The maximum Gasteiger partial charge on any atom is 0.355 e. The number of likely N-dealkylation sites (tertiary alicyclic amines) is 1. The summed E-state index contributed by atoms with van der Waals surface area (Å²) in [6, 6.07) is 0.877. The van der Waals surface area contributed by atoms with Crippen molar-refractivity contribution in [3.05, 3.63) is 11.1 Å². The zero-order chi connectivity index (χ0) is 18.5. The molecule has 1 saturated carbocycles. The number of aromatic nitrogens is 1. The van der Waals surface area contributed by atoms with E-state index in [1.807, 2.05) is 4.90 Å². The van der Waals surface area contributed by atoms with Gasteiger partial charge in [0.2, 0.25) is 5.91 Å². The van der Waals surface area contributed by atoms with E-state index >= 15 is 0 Å². The Morgan fingerprint density at radius 3 is 3.04 bits per heavy atom. The number of nitrogens with zero attached hydrogens (tertiary/aromatic N) is 2. The SMILES string of the molecule is CC1CCCC(NCC2CCC(=O)N2CCSc2nc(C(=O)O)cs2)C1. The van der Waals surface area contributed by atoms with E-state index in [0.29, 0.717) is 19.0 Å². The third-order valence-corrected chi connectivity index (χ3v) is 7.29. The number of carboxylic acid groups (broad SMARTS) is 1. The summed E-state index contributed by atoms with van der Waals surface area (Å²) in [6.45, 7) is 3.90. The minimum absolute atomic E-state index is 0.0959. The van der Waals surface area contributed by atoms with Crippen LogP contribution < -0.4 is 5.32 Å². The molecule has 1 aliphatic carbocycles. The molecular weight excluding hydrogens is 370 g/mol. The van der Waals surface area contributed by atoms with E-state index in [1.54, 1.807) is 5.38 Å². The second-order valence-electron chi connectivity index (χ2n) is 7.31. The van der Waals surface area contributed by atoms with E-state index in [9.17, 15) is 9.59 Å². The van der Waals surface area contributed by atoms with Gasteiger partial charge in [-0.3, -0.25) is 4.79 Å². The van der Waals surface area contributed by atoms with Crippen LogP contribution in [0.15, 0.2) is 9.72 Å². The van der Waals surface area contributed by atoms with Crippen molar-refractivity contribution < 1.29 is 14.7 Å². The standard InChI is InChI=1S/C18H27N3O3S2/c1-12-3-2-4-13(9-12)19-10-14-5-6-16(22)21(14)7-8-25-18-20-15(11-26-18)17(23)24/h11-14,19H,2-10H2,1H3,(H,23,24). The van der Waals surface area contributed by atoms with Gasteiger partial charge in [0.1, 0.15) is 0 Å². The maximum atomic E-state index is 12.2. The molecule has 144 valence electrons. The number of hydrogen-bond donors (Lipinski definition) is 2. The van der Waals surface area contributed by atoms with Gasteiger partial charge in [-0.05, 0) is 25.2 Å². The van der Waals surface area contributed by atoms with Crippen LogP contribution in [0.25, 0.3) is 0 Å². The van der Waals surface area contributed by atoms with E-state index in [1.165, 1.54) is 48.8 Å². The van der Waals surface area contributed by atoms with Crippen LogP contribution in [-0.4, -0.2) is 57.8 Å². The molecule has 2 fully saturated rings. The molecule has 3 rings (SSSR count). The number of carboxylic acids is 1. The Labute approximate surface area is 162 Å². The fourth-order valence-electron chi connectivity index (χ4n) is 3.89. The van der Waals surface area contributed by atoms with Gasteiger partial charge in [-0.25, -0.2) is 9.78 Å². The molecule has 0 radical (unpaired) electrons. The molecule has 1 aliphatic heterocycles. The van der Waals surface area contributed by atoms with Gasteiger partial charge in [0.25, 0.3) is 0 Å². The molecule has 2 N–H and O–H groups in total. The highest BCUT2D eigenvalue weighted by Gasteiger charge is 2.31. The highest BCUT2D eigenvalue weighted by atomic mass is 32.2. The average molecular weight is 398 g/mol. The molecule has 26 heavy (non-hydrogen) atoms. The zero-order valence-corrected chi connectivity index (χ0v) is 16.8. The predicted molar refractivity (Wildman–Crippen MR) is 104 cm³/mol. The fraction of sp³-hybridized carbons (Fsp3) is 0.722. The summed E-state index contributed by atoms with van der Waals surface area (Å²) in [5.41, 5.74) is 0.0959. The lowest BCUT2D eigenvalue weighted by atomic mass is 9.87. The Morgan fingerprint density at radius 2 is 2.31 bits per heavy atom. The molecule has 0 aromatic carbocycles. The van der Waals surface area contributed by atoms with Gasteiger partial charge in [0.05, 0.1) is 0 Å². The van der Waals surface area contributed by atoms with E-state index in [-0.39, 0.29) is 17.6 Å². The molecular formula is C18H27N3O3S2. The first kappa shape index (κ1) is 19.6.